The number of benzene rings is 2. The van der Waals surface area contributed by atoms with E-state index < -0.39 is 21.9 Å². The Bertz CT molecular complexity index is 1100. The number of carbonyl (C=O) groups excluding carboxylic acids is 1. The molecule has 1 heterocycles. The van der Waals surface area contributed by atoms with Crippen LogP contribution in [0, 0.1) is 21.8 Å². The van der Waals surface area contributed by atoms with Crippen LogP contribution in [0.3, 0.4) is 0 Å². The molecule has 0 aliphatic heterocycles. The van der Waals surface area contributed by atoms with Crippen LogP contribution in [0.5, 0.6) is 0 Å². The molecule has 0 spiro atoms. The first-order valence-electron chi connectivity index (χ1n) is 9.67. The Balaban J connectivity index is 1.84. The molecule has 0 bridgehead atoms. The van der Waals surface area contributed by atoms with Crippen LogP contribution in [-0.2, 0) is 11.3 Å². The van der Waals surface area contributed by atoms with Gasteiger partial charge in [0.15, 0.2) is 11.0 Å². The topological polar surface area (TPSA) is 103 Å². The van der Waals surface area contributed by atoms with Crippen molar-refractivity contribution in [2.24, 2.45) is 5.92 Å². The molecule has 1 amide bonds. The fraction of sp³-hybridized carbons (Fsp3) is 0.286. The Labute approximate surface area is 183 Å². The summed E-state index contributed by atoms with van der Waals surface area (Å²) in [4.78, 5) is 23.3. The number of hydrogen-bond donors (Lipinski definition) is 1. The third-order valence-electron chi connectivity index (χ3n) is 4.39. The van der Waals surface area contributed by atoms with Gasteiger partial charge in [-0.3, -0.25) is 14.9 Å². The zero-order valence-electron chi connectivity index (χ0n) is 17.3. The lowest BCUT2D eigenvalue weighted by atomic mass is 10.2. The van der Waals surface area contributed by atoms with Gasteiger partial charge < -0.3 is 9.88 Å². The molecule has 162 valence electrons. The van der Waals surface area contributed by atoms with E-state index in [2.05, 4.69) is 15.5 Å². The average Bonchev–Trinajstić information content (AvgIpc) is 3.09. The molecule has 0 aliphatic carbocycles. The molecule has 1 aromatic heterocycles. The monoisotopic (exact) mass is 443 g/mol. The molecule has 0 aliphatic rings. The van der Waals surface area contributed by atoms with Crippen LogP contribution in [-0.4, -0.2) is 30.8 Å². The lowest BCUT2D eigenvalue weighted by Crippen LogP contribution is -2.23. The third-order valence-corrected chi connectivity index (χ3v) is 5.47. The summed E-state index contributed by atoms with van der Waals surface area (Å²) < 4.78 is 16.1. The van der Waals surface area contributed by atoms with E-state index in [1.54, 1.807) is 35.8 Å². The van der Waals surface area contributed by atoms with E-state index in [9.17, 15) is 19.3 Å². The fourth-order valence-electron chi connectivity index (χ4n) is 2.93. The Kier molecular flexibility index (Phi) is 7.01. The van der Waals surface area contributed by atoms with Gasteiger partial charge in [0.1, 0.15) is 11.5 Å². The summed E-state index contributed by atoms with van der Waals surface area (Å²) in [7, 11) is 0. The average molecular weight is 444 g/mol. The second kappa shape index (κ2) is 9.69. The Morgan fingerprint density at radius 1 is 1.16 bits per heavy atom. The van der Waals surface area contributed by atoms with Crippen molar-refractivity contribution in [3.05, 3.63) is 64.5 Å². The van der Waals surface area contributed by atoms with Gasteiger partial charge in [0, 0.05) is 12.6 Å². The lowest BCUT2D eigenvalue weighted by molar-refractivity contribution is -0.383. The first-order chi connectivity index (χ1) is 14.8. The van der Waals surface area contributed by atoms with Crippen LogP contribution in [0.4, 0.5) is 15.8 Å². The molecule has 10 heteroatoms. The fourth-order valence-corrected chi connectivity index (χ4v) is 3.79. The van der Waals surface area contributed by atoms with Crippen LogP contribution in [0.2, 0.25) is 0 Å². The maximum atomic E-state index is 14.3. The quantitative estimate of drug-likeness (QED) is 0.306. The van der Waals surface area contributed by atoms with Crippen molar-refractivity contribution in [2.75, 3.05) is 5.32 Å². The van der Waals surface area contributed by atoms with Gasteiger partial charge in [-0.05, 0) is 31.0 Å². The molecule has 31 heavy (non-hydrogen) atoms. The first-order valence-corrected chi connectivity index (χ1v) is 10.5. The summed E-state index contributed by atoms with van der Waals surface area (Å²) in [6.07, 6.45) is 0. The number of anilines is 1. The van der Waals surface area contributed by atoms with E-state index in [1.165, 1.54) is 24.3 Å². The van der Waals surface area contributed by atoms with Crippen LogP contribution in [0.25, 0.3) is 11.4 Å². The third kappa shape index (κ3) is 5.26. The van der Waals surface area contributed by atoms with E-state index >= 15 is 0 Å². The number of rotatable bonds is 8. The number of carbonyl (C=O) groups is 1. The largest absolute Gasteiger partial charge is 0.319 e. The zero-order chi connectivity index (χ0) is 22.5. The van der Waals surface area contributed by atoms with E-state index in [1.807, 2.05) is 13.8 Å². The molecule has 1 atom stereocenters. The molecule has 0 fully saturated rings. The molecule has 0 saturated carbocycles. The second-order valence-electron chi connectivity index (χ2n) is 7.31. The number of nitro benzene ring substituents is 1. The maximum Gasteiger partial charge on any atom is 0.292 e. The molecule has 0 saturated heterocycles. The number of nitrogens with one attached hydrogen (secondary N) is 1. The van der Waals surface area contributed by atoms with Crippen molar-refractivity contribution in [1.82, 2.24) is 14.8 Å². The van der Waals surface area contributed by atoms with Crippen LogP contribution >= 0.6 is 11.8 Å². The summed E-state index contributed by atoms with van der Waals surface area (Å²) in [5.74, 6) is -0.193. The van der Waals surface area contributed by atoms with Crippen LogP contribution in [0.15, 0.2) is 53.7 Å². The number of para-hydroxylation sites is 2. The minimum Gasteiger partial charge on any atom is -0.319 e. The molecule has 3 aromatic rings. The molecular weight excluding hydrogens is 421 g/mol. The number of nitrogens with zero attached hydrogens (tertiary/aromatic N) is 4. The Morgan fingerprint density at radius 3 is 2.52 bits per heavy atom. The minimum absolute atomic E-state index is 0.126. The van der Waals surface area contributed by atoms with Crippen molar-refractivity contribution in [3.63, 3.8) is 0 Å². The van der Waals surface area contributed by atoms with E-state index in [4.69, 9.17) is 0 Å². The van der Waals surface area contributed by atoms with Crippen molar-refractivity contribution in [2.45, 2.75) is 37.7 Å². The molecule has 8 nitrogen and oxygen atoms in total. The number of aromatic nitrogens is 3. The number of halogens is 1. The summed E-state index contributed by atoms with van der Waals surface area (Å²) >= 11 is 1.16. The van der Waals surface area contributed by atoms with Gasteiger partial charge in [-0.25, -0.2) is 4.39 Å². The molecule has 1 N–H and O–H groups in total. The highest BCUT2D eigenvalue weighted by atomic mass is 32.2. The van der Waals surface area contributed by atoms with Crippen molar-refractivity contribution in [1.29, 1.82) is 0 Å². The van der Waals surface area contributed by atoms with Gasteiger partial charge in [-0.1, -0.05) is 49.9 Å². The summed E-state index contributed by atoms with van der Waals surface area (Å²) in [6, 6.07) is 12.3. The van der Waals surface area contributed by atoms with Gasteiger partial charge in [0.2, 0.25) is 5.91 Å². The molecule has 0 radical (unpaired) electrons. The van der Waals surface area contributed by atoms with Crippen LogP contribution < -0.4 is 5.32 Å². The van der Waals surface area contributed by atoms with E-state index in [0.29, 0.717) is 23.1 Å². The Morgan fingerprint density at radius 2 is 1.84 bits per heavy atom. The molecule has 1 unspecified atom stereocenters. The highest BCUT2D eigenvalue weighted by molar-refractivity contribution is 8.00. The molecule has 2 aromatic carbocycles. The van der Waals surface area contributed by atoms with Gasteiger partial charge in [-0.15, -0.1) is 10.2 Å². The van der Waals surface area contributed by atoms with Gasteiger partial charge >= 0.3 is 0 Å². The predicted octanol–water partition coefficient (Wildman–Crippen LogP) is 4.77. The molecular formula is C21H22FN5O3S. The normalized spacial score (nSPS) is 12.0. The number of nitro groups is 1. The van der Waals surface area contributed by atoms with Crippen molar-refractivity contribution in [3.8, 4) is 11.4 Å². The highest BCUT2D eigenvalue weighted by Crippen LogP contribution is 2.30. The Hall–Kier alpha value is -3.27. The van der Waals surface area contributed by atoms with Gasteiger partial charge in [-0.2, -0.15) is 0 Å². The van der Waals surface area contributed by atoms with Gasteiger partial charge in [0.05, 0.1) is 15.7 Å². The predicted molar refractivity (Wildman–Crippen MR) is 117 cm³/mol. The molecule has 3 rings (SSSR count). The van der Waals surface area contributed by atoms with Crippen molar-refractivity contribution < 1.29 is 14.1 Å². The van der Waals surface area contributed by atoms with Crippen LogP contribution in [0.1, 0.15) is 20.8 Å². The highest BCUT2D eigenvalue weighted by Gasteiger charge is 2.24. The number of amides is 1. The number of thioether (sulfide) groups is 1. The summed E-state index contributed by atoms with van der Waals surface area (Å²) in [5, 5.41) is 22.0. The first kappa shape index (κ1) is 22.4. The second-order valence-corrected chi connectivity index (χ2v) is 8.62. The zero-order valence-corrected chi connectivity index (χ0v) is 18.1. The van der Waals surface area contributed by atoms with E-state index in [0.717, 1.165) is 11.8 Å². The van der Waals surface area contributed by atoms with Crippen molar-refractivity contribution >= 4 is 29.0 Å². The summed E-state index contributed by atoms with van der Waals surface area (Å²) in [6.45, 7) is 6.25. The summed E-state index contributed by atoms with van der Waals surface area (Å²) in [5.41, 5.74) is 0.276. The number of hydrogen-bond acceptors (Lipinski definition) is 6. The minimum atomic E-state index is -0.622. The van der Waals surface area contributed by atoms with Gasteiger partial charge in [0.25, 0.3) is 5.69 Å². The standard InChI is InChI=1S/C21H22FN5O3S/c1-13(2)12-26-19(15-8-4-5-9-16(15)22)24-25-21(26)31-14(3)20(28)23-17-10-6-7-11-18(17)27(29)30/h4-11,13-14H,12H2,1-3H3,(H,23,28). The smallest absolute Gasteiger partial charge is 0.292 e. The maximum absolute atomic E-state index is 14.3. The van der Waals surface area contributed by atoms with E-state index in [-0.39, 0.29) is 17.3 Å². The SMILES string of the molecule is CC(C)Cn1c(SC(C)C(=O)Nc2ccccc2[N+](=O)[O-])nnc1-c1ccccc1F. The lowest BCUT2D eigenvalue weighted by Gasteiger charge is -2.15.